The normalized spacial score (nSPS) is 12.4. The number of benzene rings is 2. The summed E-state index contributed by atoms with van der Waals surface area (Å²) in [7, 11) is -5.17. The maximum atomic E-state index is 6.19. The number of allylic oxidation sites excluding steroid dienone is 1. The highest BCUT2D eigenvalue weighted by atomic mass is 28.4. The molecular formula is C33H56O6Si2. The Labute approximate surface area is 253 Å². The molecule has 41 heavy (non-hydrogen) atoms. The summed E-state index contributed by atoms with van der Waals surface area (Å²) in [5, 5.41) is 0. The average Bonchev–Trinajstić information content (AvgIpc) is 2.89. The second kappa shape index (κ2) is 21.1. The van der Waals surface area contributed by atoms with Gasteiger partial charge in [-0.05, 0) is 86.3 Å². The third-order valence-electron chi connectivity index (χ3n) is 5.61. The Morgan fingerprint density at radius 2 is 1.05 bits per heavy atom. The van der Waals surface area contributed by atoms with Gasteiger partial charge in [0.1, 0.15) is 0 Å². The van der Waals surface area contributed by atoms with Gasteiger partial charge in [0, 0.05) is 50.2 Å². The molecule has 0 aliphatic heterocycles. The van der Waals surface area contributed by atoms with E-state index in [9.17, 15) is 0 Å². The number of hydrogen-bond donors (Lipinski definition) is 0. The second-order valence-electron chi connectivity index (χ2n) is 10.5. The highest BCUT2D eigenvalue weighted by Crippen LogP contribution is 2.25. The zero-order valence-electron chi connectivity index (χ0n) is 27.1. The van der Waals surface area contributed by atoms with Crippen LogP contribution in [0.3, 0.4) is 0 Å². The molecule has 0 fully saturated rings. The predicted octanol–water partition coefficient (Wildman–Crippen LogP) is 8.58. The molecule has 6 nitrogen and oxygen atoms in total. The van der Waals surface area contributed by atoms with Crippen LogP contribution in [0.15, 0.2) is 66.7 Å². The summed E-state index contributed by atoms with van der Waals surface area (Å²) < 4.78 is 36.0. The van der Waals surface area contributed by atoms with Crippen LogP contribution in [0.1, 0.15) is 79.9 Å². The molecule has 2 aromatic carbocycles. The van der Waals surface area contributed by atoms with Crippen molar-refractivity contribution in [1.29, 1.82) is 0 Å². The van der Waals surface area contributed by atoms with E-state index in [-0.39, 0.29) is 18.3 Å². The van der Waals surface area contributed by atoms with Crippen molar-refractivity contribution in [2.45, 2.75) is 106 Å². The van der Waals surface area contributed by atoms with E-state index in [0.29, 0.717) is 25.9 Å². The van der Waals surface area contributed by atoms with Gasteiger partial charge in [-0.15, -0.1) is 0 Å². The van der Waals surface area contributed by atoms with Crippen LogP contribution < -0.4 is 0 Å². The third kappa shape index (κ3) is 16.6. The van der Waals surface area contributed by atoms with Crippen LogP contribution in [0.4, 0.5) is 0 Å². The van der Waals surface area contributed by atoms with Crippen LogP contribution in [0.2, 0.25) is 12.1 Å². The third-order valence-corrected chi connectivity index (χ3v) is 12.0. The zero-order chi connectivity index (χ0) is 30.6. The molecule has 0 heterocycles. The van der Waals surface area contributed by atoms with Gasteiger partial charge in [0.05, 0.1) is 0 Å². The lowest BCUT2D eigenvalue weighted by molar-refractivity contribution is 0.00290. The van der Waals surface area contributed by atoms with Crippen molar-refractivity contribution in [3.8, 4) is 0 Å². The first-order valence-corrected chi connectivity index (χ1v) is 19.2. The van der Waals surface area contributed by atoms with Crippen molar-refractivity contribution in [2.24, 2.45) is 0 Å². The van der Waals surface area contributed by atoms with E-state index in [1.807, 2.05) is 86.6 Å². The average molecular weight is 605 g/mol. The van der Waals surface area contributed by atoms with E-state index in [1.54, 1.807) is 0 Å². The number of rotatable bonds is 19. The lowest BCUT2D eigenvalue weighted by Gasteiger charge is -2.34. The van der Waals surface area contributed by atoms with Crippen molar-refractivity contribution in [3.05, 3.63) is 77.9 Å². The standard InChI is InChI=1S/C18H32O3Si.C15H24O3Si/c1-15(2)19-22(20-16(3)4,21-17(5)6)14-10-13-18-11-8-7-9-12-18;1-4-16-19(17-5-2,18-6-3)14-10-13-15-11-8-7-9-12-15/h7-9,11-12,15-17H,10,13-14H2,1-6H3;7-13H,4-6,14H2,1-3H3. The Morgan fingerprint density at radius 3 is 1.46 bits per heavy atom. The Bertz CT molecular complexity index is 878. The van der Waals surface area contributed by atoms with Gasteiger partial charge in [-0.1, -0.05) is 72.8 Å². The largest absolute Gasteiger partial charge is 0.504 e. The molecule has 0 amide bonds. The highest BCUT2D eigenvalue weighted by Gasteiger charge is 2.43. The Kier molecular flexibility index (Phi) is 19.3. The van der Waals surface area contributed by atoms with Gasteiger partial charge in [0.2, 0.25) is 0 Å². The summed E-state index contributed by atoms with van der Waals surface area (Å²) in [6.45, 7) is 20.1. The number of hydrogen-bond acceptors (Lipinski definition) is 6. The van der Waals surface area contributed by atoms with E-state index < -0.39 is 17.6 Å². The van der Waals surface area contributed by atoms with Crippen molar-refractivity contribution >= 4 is 23.7 Å². The Hall–Kier alpha value is -1.63. The summed E-state index contributed by atoms with van der Waals surface area (Å²) in [5.41, 5.74) is 2.53. The maximum Gasteiger partial charge on any atom is 0.504 e. The fraction of sp³-hybridized carbons (Fsp3) is 0.576. The number of aryl methyl sites for hydroxylation is 1. The first-order valence-electron chi connectivity index (χ1n) is 15.3. The molecule has 232 valence electrons. The van der Waals surface area contributed by atoms with Gasteiger partial charge in [0.25, 0.3) is 0 Å². The summed E-state index contributed by atoms with van der Waals surface area (Å²) in [6.07, 6.45) is 6.55. The Balaban J connectivity index is 0.000000414. The molecule has 0 radical (unpaired) electrons. The van der Waals surface area contributed by atoms with Gasteiger partial charge in [-0.2, -0.15) is 0 Å². The summed E-state index contributed by atoms with van der Waals surface area (Å²) in [4.78, 5) is 0. The molecule has 0 aliphatic carbocycles. The molecule has 0 saturated heterocycles. The van der Waals surface area contributed by atoms with Crippen LogP contribution in [-0.2, 0) is 33.0 Å². The molecule has 0 saturated carbocycles. The van der Waals surface area contributed by atoms with Gasteiger partial charge in [-0.25, -0.2) is 0 Å². The van der Waals surface area contributed by atoms with Crippen LogP contribution in [-0.4, -0.2) is 55.7 Å². The molecule has 0 aromatic heterocycles. The molecule has 0 bridgehead atoms. The van der Waals surface area contributed by atoms with Crippen molar-refractivity contribution in [3.63, 3.8) is 0 Å². The minimum Gasteiger partial charge on any atom is -0.374 e. The molecule has 0 N–H and O–H groups in total. The van der Waals surface area contributed by atoms with Gasteiger partial charge >= 0.3 is 17.6 Å². The molecule has 8 heteroatoms. The molecule has 0 spiro atoms. The quantitative estimate of drug-likeness (QED) is 0.150. The van der Waals surface area contributed by atoms with E-state index in [4.69, 9.17) is 26.6 Å². The maximum absolute atomic E-state index is 6.19. The first-order chi connectivity index (χ1) is 19.6. The van der Waals surface area contributed by atoms with E-state index >= 15 is 0 Å². The Morgan fingerprint density at radius 1 is 0.610 bits per heavy atom. The summed E-state index contributed by atoms with van der Waals surface area (Å²) >= 11 is 0. The lowest BCUT2D eigenvalue weighted by Crippen LogP contribution is -2.50. The van der Waals surface area contributed by atoms with Crippen LogP contribution in [0.5, 0.6) is 0 Å². The van der Waals surface area contributed by atoms with Gasteiger partial charge < -0.3 is 26.6 Å². The fourth-order valence-corrected chi connectivity index (χ4v) is 9.97. The highest BCUT2D eigenvalue weighted by molar-refractivity contribution is 6.61. The summed E-state index contributed by atoms with van der Waals surface area (Å²) in [6, 6.07) is 22.3. The van der Waals surface area contributed by atoms with Crippen LogP contribution in [0.25, 0.3) is 6.08 Å². The lowest BCUT2D eigenvalue weighted by atomic mass is 10.1. The molecule has 2 aromatic rings. The zero-order valence-corrected chi connectivity index (χ0v) is 29.1. The minimum absolute atomic E-state index is 0.112. The van der Waals surface area contributed by atoms with Crippen LogP contribution >= 0.6 is 0 Å². The minimum atomic E-state index is -2.64. The predicted molar refractivity (Wildman–Crippen MR) is 175 cm³/mol. The molecule has 0 atom stereocenters. The van der Waals surface area contributed by atoms with Crippen molar-refractivity contribution in [1.82, 2.24) is 0 Å². The second-order valence-corrected chi connectivity index (χ2v) is 15.7. The van der Waals surface area contributed by atoms with Crippen molar-refractivity contribution in [2.75, 3.05) is 19.8 Å². The first kappa shape index (κ1) is 37.4. The van der Waals surface area contributed by atoms with Gasteiger partial charge in [-0.3, -0.25) is 0 Å². The summed E-state index contributed by atoms with van der Waals surface area (Å²) in [5.74, 6) is 0. The van der Waals surface area contributed by atoms with E-state index in [0.717, 1.165) is 18.9 Å². The van der Waals surface area contributed by atoms with E-state index in [1.165, 1.54) is 11.1 Å². The molecular weight excluding hydrogens is 549 g/mol. The SMILES string of the molecule is CC(C)O[Si](CCCc1ccccc1)(OC(C)C)OC(C)C.CCO[Si](CC=Cc1ccccc1)(OCC)OCC. The molecule has 2 rings (SSSR count). The smallest absolute Gasteiger partial charge is 0.374 e. The van der Waals surface area contributed by atoms with Crippen molar-refractivity contribution < 1.29 is 26.6 Å². The van der Waals surface area contributed by atoms with Gasteiger partial charge in [0.15, 0.2) is 0 Å². The van der Waals surface area contributed by atoms with E-state index in [2.05, 4.69) is 48.6 Å². The monoisotopic (exact) mass is 604 g/mol. The fourth-order valence-electron chi connectivity index (χ4n) is 4.36. The van der Waals surface area contributed by atoms with Crippen LogP contribution in [0, 0.1) is 0 Å². The topological polar surface area (TPSA) is 55.4 Å². The molecule has 0 aliphatic rings. The molecule has 0 unspecified atom stereocenters.